The van der Waals surface area contributed by atoms with Crippen LogP contribution >= 0.6 is 23.2 Å². The number of halogens is 5. The van der Waals surface area contributed by atoms with Gasteiger partial charge in [0.05, 0.1) is 0 Å². The number of carbonyl (C=O) groups excluding carboxylic acids is 1. The molecule has 3 rings (SSSR count). The van der Waals surface area contributed by atoms with Gasteiger partial charge in [-0.2, -0.15) is 18.2 Å². The van der Waals surface area contributed by atoms with Crippen molar-refractivity contribution in [3.63, 3.8) is 0 Å². The molecule has 0 saturated carbocycles. The Kier molecular flexibility index (Phi) is 6.69. The Hall–Kier alpha value is -2.26. The van der Waals surface area contributed by atoms with E-state index in [1.54, 1.807) is 17.0 Å². The average molecular weight is 448 g/mol. The normalized spacial score (nSPS) is 14.4. The van der Waals surface area contributed by atoms with Gasteiger partial charge in [-0.05, 0) is 31.0 Å². The Morgan fingerprint density at radius 2 is 1.90 bits per heavy atom. The Morgan fingerprint density at radius 3 is 2.52 bits per heavy atom. The summed E-state index contributed by atoms with van der Waals surface area (Å²) in [7, 11) is 0. The molecular formula is C18H18Cl2F3N5O. The molecule has 0 unspecified atom stereocenters. The van der Waals surface area contributed by atoms with Gasteiger partial charge in [0.2, 0.25) is 11.9 Å². The summed E-state index contributed by atoms with van der Waals surface area (Å²) in [6.07, 6.45) is -2.04. The number of likely N-dealkylation sites (tertiary alicyclic amines) is 1. The minimum atomic E-state index is -4.61. The van der Waals surface area contributed by atoms with Crippen molar-refractivity contribution in [2.75, 3.05) is 30.3 Å². The first-order valence-electron chi connectivity index (χ1n) is 8.91. The molecule has 1 fully saturated rings. The SMILES string of the molecule is O=C1CCCN1CCCNc1nc(Nc2cc(Cl)cc(Cl)c2)ncc1C(F)(F)F. The van der Waals surface area contributed by atoms with Crippen molar-refractivity contribution in [2.45, 2.75) is 25.4 Å². The van der Waals surface area contributed by atoms with E-state index in [2.05, 4.69) is 20.6 Å². The summed E-state index contributed by atoms with van der Waals surface area (Å²) in [5, 5.41) is 6.23. The summed E-state index contributed by atoms with van der Waals surface area (Å²) in [4.78, 5) is 21.0. The van der Waals surface area contributed by atoms with Gasteiger partial charge in [0, 0.05) is 48.0 Å². The Bertz CT molecular complexity index is 874. The maximum Gasteiger partial charge on any atom is 0.421 e. The van der Waals surface area contributed by atoms with Gasteiger partial charge in [-0.1, -0.05) is 23.2 Å². The molecule has 11 heteroatoms. The van der Waals surface area contributed by atoms with Crippen molar-refractivity contribution in [2.24, 2.45) is 0 Å². The Morgan fingerprint density at radius 1 is 1.17 bits per heavy atom. The number of hydrogen-bond acceptors (Lipinski definition) is 5. The van der Waals surface area contributed by atoms with Gasteiger partial charge in [-0.25, -0.2) is 4.98 Å². The number of alkyl halides is 3. The number of anilines is 3. The Labute approximate surface area is 175 Å². The predicted molar refractivity (Wildman–Crippen MR) is 106 cm³/mol. The predicted octanol–water partition coefficient (Wildman–Crippen LogP) is 4.97. The fraction of sp³-hybridized carbons (Fsp3) is 0.389. The molecular weight excluding hydrogens is 430 g/mol. The van der Waals surface area contributed by atoms with E-state index in [0.29, 0.717) is 47.9 Å². The molecule has 1 aromatic carbocycles. The van der Waals surface area contributed by atoms with Crippen LogP contribution in [-0.4, -0.2) is 40.4 Å². The highest BCUT2D eigenvalue weighted by Gasteiger charge is 2.35. The first-order chi connectivity index (χ1) is 13.7. The lowest BCUT2D eigenvalue weighted by Gasteiger charge is -2.17. The molecule has 0 spiro atoms. The minimum Gasteiger partial charge on any atom is -0.369 e. The molecule has 2 heterocycles. The maximum absolute atomic E-state index is 13.3. The first-order valence-corrected chi connectivity index (χ1v) is 9.67. The van der Waals surface area contributed by atoms with E-state index < -0.39 is 11.7 Å². The Balaban J connectivity index is 1.70. The van der Waals surface area contributed by atoms with Crippen LogP contribution in [0.4, 0.5) is 30.6 Å². The van der Waals surface area contributed by atoms with E-state index in [9.17, 15) is 18.0 Å². The molecule has 29 heavy (non-hydrogen) atoms. The number of aromatic nitrogens is 2. The highest BCUT2D eigenvalue weighted by Crippen LogP contribution is 2.34. The lowest BCUT2D eigenvalue weighted by molar-refractivity contribution is -0.137. The van der Waals surface area contributed by atoms with Crippen molar-refractivity contribution in [1.82, 2.24) is 14.9 Å². The molecule has 0 bridgehead atoms. The van der Waals surface area contributed by atoms with Crippen molar-refractivity contribution in [3.05, 3.63) is 40.0 Å². The molecule has 0 aliphatic carbocycles. The lowest BCUT2D eigenvalue weighted by Crippen LogP contribution is -2.27. The molecule has 6 nitrogen and oxygen atoms in total. The summed E-state index contributed by atoms with van der Waals surface area (Å²) >= 11 is 11.9. The summed E-state index contributed by atoms with van der Waals surface area (Å²) < 4.78 is 39.9. The first kappa shape index (κ1) is 21.4. The number of amides is 1. The highest BCUT2D eigenvalue weighted by molar-refractivity contribution is 6.35. The fourth-order valence-corrected chi connectivity index (χ4v) is 3.48. The standard InChI is InChI=1S/C18H18Cl2F3N5O/c19-11-7-12(20)9-13(8-11)26-17-25-10-14(18(21,22)23)16(27-17)24-4-2-6-28-5-1-3-15(28)29/h7-10H,1-6H2,(H2,24,25,26,27). The zero-order valence-electron chi connectivity index (χ0n) is 15.2. The summed E-state index contributed by atoms with van der Waals surface area (Å²) in [5.74, 6) is -0.292. The van der Waals surface area contributed by atoms with Crippen LogP contribution in [-0.2, 0) is 11.0 Å². The van der Waals surface area contributed by atoms with E-state index in [1.165, 1.54) is 6.07 Å². The van der Waals surface area contributed by atoms with E-state index in [1.807, 2.05) is 0 Å². The van der Waals surface area contributed by atoms with Crippen LogP contribution in [0, 0.1) is 0 Å². The van der Waals surface area contributed by atoms with Gasteiger partial charge in [0.25, 0.3) is 0 Å². The second kappa shape index (κ2) is 9.04. The fourth-order valence-electron chi connectivity index (χ4n) is 2.96. The number of rotatable bonds is 7. The topological polar surface area (TPSA) is 70.2 Å². The number of benzene rings is 1. The molecule has 2 aromatic rings. The van der Waals surface area contributed by atoms with Gasteiger partial charge in [0.15, 0.2) is 0 Å². The second-order valence-corrected chi connectivity index (χ2v) is 7.37. The van der Waals surface area contributed by atoms with Crippen LogP contribution in [0.1, 0.15) is 24.8 Å². The number of nitrogens with one attached hydrogen (secondary N) is 2. The van der Waals surface area contributed by atoms with Crippen LogP contribution in [0.5, 0.6) is 0 Å². The van der Waals surface area contributed by atoms with Gasteiger partial charge in [0.1, 0.15) is 11.4 Å². The molecule has 156 valence electrons. The van der Waals surface area contributed by atoms with E-state index in [-0.39, 0.29) is 24.2 Å². The van der Waals surface area contributed by atoms with Gasteiger partial charge >= 0.3 is 6.18 Å². The summed E-state index contributed by atoms with van der Waals surface area (Å²) in [5.41, 5.74) is -0.523. The van der Waals surface area contributed by atoms with E-state index in [4.69, 9.17) is 23.2 Å². The largest absolute Gasteiger partial charge is 0.421 e. The van der Waals surface area contributed by atoms with Crippen LogP contribution in [0.2, 0.25) is 10.0 Å². The van der Waals surface area contributed by atoms with Crippen molar-refractivity contribution in [1.29, 1.82) is 0 Å². The average Bonchev–Trinajstić information content (AvgIpc) is 3.02. The highest BCUT2D eigenvalue weighted by atomic mass is 35.5. The monoisotopic (exact) mass is 447 g/mol. The number of hydrogen-bond donors (Lipinski definition) is 2. The third-order valence-corrected chi connectivity index (χ3v) is 4.72. The minimum absolute atomic E-state index is 0.0337. The maximum atomic E-state index is 13.3. The second-order valence-electron chi connectivity index (χ2n) is 6.50. The van der Waals surface area contributed by atoms with Crippen molar-refractivity contribution < 1.29 is 18.0 Å². The molecule has 1 amide bonds. The van der Waals surface area contributed by atoms with Crippen LogP contribution < -0.4 is 10.6 Å². The molecule has 2 N–H and O–H groups in total. The van der Waals surface area contributed by atoms with E-state index in [0.717, 1.165) is 6.42 Å². The van der Waals surface area contributed by atoms with Crippen LogP contribution in [0.15, 0.2) is 24.4 Å². The molecule has 1 saturated heterocycles. The molecule has 1 aliphatic heterocycles. The lowest BCUT2D eigenvalue weighted by atomic mass is 10.3. The van der Waals surface area contributed by atoms with Crippen molar-refractivity contribution >= 4 is 46.6 Å². The van der Waals surface area contributed by atoms with Crippen LogP contribution in [0.25, 0.3) is 0 Å². The summed E-state index contributed by atoms with van der Waals surface area (Å²) in [6.45, 7) is 1.41. The quantitative estimate of drug-likeness (QED) is 0.586. The van der Waals surface area contributed by atoms with E-state index >= 15 is 0 Å². The van der Waals surface area contributed by atoms with Crippen LogP contribution in [0.3, 0.4) is 0 Å². The smallest absolute Gasteiger partial charge is 0.369 e. The van der Waals surface area contributed by atoms with Gasteiger partial charge in [-0.15, -0.1) is 0 Å². The third kappa shape index (κ3) is 5.86. The van der Waals surface area contributed by atoms with Gasteiger partial charge in [-0.3, -0.25) is 4.79 Å². The molecule has 0 atom stereocenters. The number of nitrogens with zero attached hydrogens (tertiary/aromatic N) is 3. The number of carbonyl (C=O) groups is 1. The van der Waals surface area contributed by atoms with Gasteiger partial charge < -0.3 is 15.5 Å². The van der Waals surface area contributed by atoms with Crippen molar-refractivity contribution in [3.8, 4) is 0 Å². The molecule has 1 aliphatic rings. The third-order valence-electron chi connectivity index (χ3n) is 4.28. The molecule has 1 aromatic heterocycles. The molecule has 0 radical (unpaired) electrons. The zero-order valence-corrected chi connectivity index (χ0v) is 16.7. The summed E-state index contributed by atoms with van der Waals surface area (Å²) in [6, 6.07) is 4.63. The zero-order chi connectivity index (χ0) is 21.0.